The standard InChI is InChI=1S/C22H23N7O3/c1-12-9-25-22(23,14-3-6-19(24-10-14)29-11-16(30)7-13(29)2)28-20(12)26-15-4-5-18-17(8-15)27-21(31)32-18/h3-6,8-10,16,25,30H,2,7,11,23H2,1H3,(H,26,28)(H,27,31)/t16-,22?/m1/s1. The normalized spacial score (nSPS) is 23.2. The fourth-order valence-corrected chi connectivity index (χ4v) is 3.84. The zero-order chi connectivity index (χ0) is 22.5. The highest BCUT2D eigenvalue weighted by molar-refractivity contribution is 6.08. The summed E-state index contributed by atoms with van der Waals surface area (Å²) in [6.07, 6.45) is 3.56. The van der Waals surface area contributed by atoms with Crippen LogP contribution in [0.1, 0.15) is 18.9 Å². The van der Waals surface area contributed by atoms with E-state index >= 15 is 0 Å². The second-order valence-electron chi connectivity index (χ2n) is 7.99. The van der Waals surface area contributed by atoms with E-state index in [4.69, 9.17) is 15.1 Å². The maximum Gasteiger partial charge on any atom is 0.417 e. The van der Waals surface area contributed by atoms with Gasteiger partial charge in [0.2, 0.25) is 5.79 Å². The van der Waals surface area contributed by atoms with Gasteiger partial charge in [0.1, 0.15) is 11.7 Å². The predicted molar refractivity (Wildman–Crippen MR) is 122 cm³/mol. The first-order valence-corrected chi connectivity index (χ1v) is 10.1. The molecular formula is C22H23N7O3. The Kier molecular flexibility index (Phi) is 4.61. The lowest BCUT2D eigenvalue weighted by molar-refractivity contribution is 0.200. The van der Waals surface area contributed by atoms with Crippen LogP contribution in [0.5, 0.6) is 0 Å². The number of nitrogens with zero attached hydrogens (tertiary/aromatic N) is 3. The molecule has 32 heavy (non-hydrogen) atoms. The monoisotopic (exact) mass is 433 g/mol. The molecule has 5 rings (SSSR count). The summed E-state index contributed by atoms with van der Waals surface area (Å²) in [7, 11) is 0. The van der Waals surface area contributed by atoms with Crippen LogP contribution in [0.3, 0.4) is 0 Å². The molecular weight excluding hydrogens is 410 g/mol. The van der Waals surface area contributed by atoms with Crippen molar-refractivity contribution < 1.29 is 9.52 Å². The van der Waals surface area contributed by atoms with Crippen LogP contribution in [0.4, 0.5) is 11.5 Å². The first kappa shape index (κ1) is 20.0. The number of aromatic nitrogens is 2. The Hall–Kier alpha value is -3.89. The minimum atomic E-state index is -1.22. The first-order valence-electron chi connectivity index (χ1n) is 10.1. The second-order valence-corrected chi connectivity index (χ2v) is 7.99. The third-order valence-corrected chi connectivity index (χ3v) is 5.56. The maximum atomic E-state index is 11.4. The van der Waals surface area contributed by atoms with E-state index in [1.165, 1.54) is 0 Å². The van der Waals surface area contributed by atoms with Crippen molar-refractivity contribution in [3.63, 3.8) is 0 Å². The second kappa shape index (κ2) is 7.36. The summed E-state index contributed by atoms with van der Waals surface area (Å²) in [5.74, 6) is -0.442. The lowest BCUT2D eigenvalue weighted by atomic mass is 10.1. The number of hydrogen-bond acceptors (Lipinski definition) is 9. The van der Waals surface area contributed by atoms with Gasteiger partial charge in [-0.05, 0) is 37.3 Å². The molecule has 4 heterocycles. The largest absolute Gasteiger partial charge is 0.417 e. The summed E-state index contributed by atoms with van der Waals surface area (Å²) >= 11 is 0. The molecule has 3 aromatic rings. The molecule has 10 nitrogen and oxygen atoms in total. The minimum absolute atomic E-state index is 0.435. The number of H-pyrrole nitrogens is 1. The van der Waals surface area contributed by atoms with Crippen molar-refractivity contribution in [2.24, 2.45) is 10.7 Å². The lowest BCUT2D eigenvalue weighted by Crippen LogP contribution is -2.50. The molecule has 0 amide bonds. The molecule has 6 N–H and O–H groups in total. The molecule has 0 radical (unpaired) electrons. The number of nitrogens with one attached hydrogen (secondary N) is 3. The van der Waals surface area contributed by atoms with Gasteiger partial charge in [0, 0.05) is 41.3 Å². The van der Waals surface area contributed by atoms with Gasteiger partial charge in [-0.1, -0.05) is 6.58 Å². The molecule has 1 saturated heterocycles. The Morgan fingerprint density at radius 2 is 2.22 bits per heavy atom. The minimum Gasteiger partial charge on any atom is -0.408 e. The number of β-amino-alcohol motifs (C(OH)–C–C–N with tert-alkyl or cyclic N) is 1. The van der Waals surface area contributed by atoms with Crippen LogP contribution in [0.2, 0.25) is 0 Å². The van der Waals surface area contributed by atoms with Crippen LogP contribution < -0.4 is 27.0 Å². The average Bonchev–Trinajstić information content (AvgIpc) is 3.30. The number of amidine groups is 1. The van der Waals surface area contributed by atoms with E-state index in [1.807, 2.05) is 24.0 Å². The molecule has 2 atom stereocenters. The van der Waals surface area contributed by atoms with Crippen LogP contribution in [-0.2, 0) is 5.79 Å². The molecule has 1 unspecified atom stereocenters. The Morgan fingerprint density at radius 1 is 1.38 bits per heavy atom. The van der Waals surface area contributed by atoms with E-state index in [-0.39, 0.29) is 0 Å². The van der Waals surface area contributed by atoms with E-state index in [1.54, 1.807) is 30.6 Å². The zero-order valence-corrected chi connectivity index (χ0v) is 17.4. The van der Waals surface area contributed by atoms with E-state index in [9.17, 15) is 9.90 Å². The van der Waals surface area contributed by atoms with Crippen LogP contribution in [-0.4, -0.2) is 33.6 Å². The predicted octanol–water partition coefficient (Wildman–Crippen LogP) is 1.69. The number of nitrogens with two attached hydrogens (primary N) is 1. The van der Waals surface area contributed by atoms with Crippen molar-refractivity contribution in [1.29, 1.82) is 0 Å². The summed E-state index contributed by atoms with van der Waals surface area (Å²) in [5.41, 5.74) is 10.7. The van der Waals surface area contributed by atoms with Gasteiger partial charge in [0.25, 0.3) is 0 Å². The van der Waals surface area contributed by atoms with Gasteiger partial charge in [-0.2, -0.15) is 0 Å². The molecule has 10 heteroatoms. The number of aliphatic hydroxyl groups is 1. The van der Waals surface area contributed by atoms with Crippen molar-refractivity contribution in [2.75, 3.05) is 16.8 Å². The van der Waals surface area contributed by atoms with Crippen LogP contribution >= 0.6 is 0 Å². The van der Waals surface area contributed by atoms with E-state index < -0.39 is 17.6 Å². The fraction of sp³-hybridized carbons (Fsp3) is 0.227. The topological polar surface area (TPSA) is 145 Å². The number of hydrogen-bond donors (Lipinski definition) is 5. The molecule has 164 valence electrons. The highest BCUT2D eigenvalue weighted by Crippen LogP contribution is 2.28. The van der Waals surface area contributed by atoms with Gasteiger partial charge in [-0.15, -0.1) is 0 Å². The summed E-state index contributed by atoms with van der Waals surface area (Å²) in [4.78, 5) is 25.1. The summed E-state index contributed by atoms with van der Waals surface area (Å²) in [6.45, 7) is 6.37. The zero-order valence-electron chi connectivity index (χ0n) is 17.4. The fourth-order valence-electron chi connectivity index (χ4n) is 3.84. The molecule has 2 aliphatic rings. The van der Waals surface area contributed by atoms with Gasteiger partial charge >= 0.3 is 5.76 Å². The molecule has 2 aromatic heterocycles. The van der Waals surface area contributed by atoms with Crippen molar-refractivity contribution in [3.05, 3.63) is 76.7 Å². The first-order chi connectivity index (χ1) is 15.3. The Balaban J connectivity index is 1.41. The van der Waals surface area contributed by atoms with Gasteiger partial charge in [0.05, 0.1) is 18.2 Å². The van der Waals surface area contributed by atoms with Crippen LogP contribution in [0.15, 0.2) is 74.8 Å². The van der Waals surface area contributed by atoms with Gasteiger partial charge < -0.3 is 25.1 Å². The third kappa shape index (κ3) is 3.55. The van der Waals surface area contributed by atoms with Gasteiger partial charge in [-0.25, -0.2) is 14.8 Å². The Morgan fingerprint density at radius 3 is 2.94 bits per heavy atom. The maximum absolute atomic E-state index is 11.4. The molecule has 0 saturated carbocycles. The Labute approximate surface area is 183 Å². The highest BCUT2D eigenvalue weighted by Gasteiger charge is 2.31. The summed E-state index contributed by atoms with van der Waals surface area (Å²) < 4.78 is 5.04. The molecule has 0 bridgehead atoms. The van der Waals surface area contributed by atoms with E-state index in [2.05, 4.69) is 27.2 Å². The highest BCUT2D eigenvalue weighted by atomic mass is 16.4. The molecule has 1 aromatic carbocycles. The number of pyridine rings is 1. The molecule has 0 spiro atoms. The van der Waals surface area contributed by atoms with Crippen LogP contribution in [0, 0.1) is 0 Å². The number of rotatable bonds is 3. The quantitative estimate of drug-likeness (QED) is 0.420. The van der Waals surface area contributed by atoms with Crippen molar-refractivity contribution in [2.45, 2.75) is 25.2 Å². The molecule has 0 aliphatic carbocycles. The van der Waals surface area contributed by atoms with Gasteiger partial charge in [-0.3, -0.25) is 10.7 Å². The number of fused-ring (bicyclic) bond motifs is 1. The Bertz CT molecular complexity index is 1320. The molecule has 2 aliphatic heterocycles. The van der Waals surface area contributed by atoms with Crippen molar-refractivity contribution in [1.82, 2.24) is 15.3 Å². The number of aliphatic hydroxyl groups excluding tert-OH is 1. The third-order valence-electron chi connectivity index (χ3n) is 5.56. The van der Waals surface area contributed by atoms with Crippen molar-refractivity contribution >= 4 is 28.4 Å². The van der Waals surface area contributed by atoms with Crippen LogP contribution in [0.25, 0.3) is 11.1 Å². The van der Waals surface area contributed by atoms with E-state index in [0.29, 0.717) is 41.3 Å². The van der Waals surface area contributed by atoms with E-state index in [0.717, 1.165) is 17.0 Å². The SMILES string of the molecule is C=C1C[C@@H](O)CN1c1ccc(C2(N)N=C(Nc3ccc4oc(=O)[nH]c4c3)C(C)=CN2)cn1. The molecule has 1 fully saturated rings. The number of oxazole rings is 1. The number of benzene rings is 1. The van der Waals surface area contributed by atoms with Crippen molar-refractivity contribution in [3.8, 4) is 0 Å². The number of aromatic amines is 1. The smallest absolute Gasteiger partial charge is 0.408 e. The number of anilines is 2. The van der Waals surface area contributed by atoms with Gasteiger partial charge in [0.15, 0.2) is 5.58 Å². The summed E-state index contributed by atoms with van der Waals surface area (Å²) in [6, 6.07) is 8.96. The number of aliphatic imine (C=N–C) groups is 1. The average molecular weight is 433 g/mol. The summed E-state index contributed by atoms with van der Waals surface area (Å²) in [5, 5.41) is 16.2. The lowest BCUT2D eigenvalue weighted by Gasteiger charge is -2.31.